The van der Waals surface area contributed by atoms with E-state index in [9.17, 15) is 40.7 Å². The number of benzene rings is 2. The zero-order valence-corrected chi connectivity index (χ0v) is 25.2. The number of nitrogens with one attached hydrogen (secondary N) is 1. The van der Waals surface area contributed by atoms with E-state index < -0.39 is 47.2 Å². The van der Waals surface area contributed by atoms with Crippen molar-refractivity contribution in [1.82, 2.24) is 15.1 Å². The highest BCUT2D eigenvalue weighted by Crippen LogP contribution is 2.39. The molecule has 2 heterocycles. The fourth-order valence-corrected chi connectivity index (χ4v) is 5.92. The molecule has 0 spiro atoms. The van der Waals surface area contributed by atoms with E-state index in [-0.39, 0.29) is 53.4 Å². The monoisotopic (exact) mass is 666 g/mol. The third-order valence-corrected chi connectivity index (χ3v) is 8.90. The second-order valence-electron chi connectivity index (χ2n) is 11.0. The van der Waals surface area contributed by atoms with Crippen molar-refractivity contribution in [3.63, 3.8) is 0 Å². The fraction of sp³-hybridized carbons (Fsp3) is 0.483. The van der Waals surface area contributed by atoms with Gasteiger partial charge in [0, 0.05) is 63.7 Å². The number of carbonyl (C=O) groups is 3. The molecule has 0 radical (unpaired) electrons. The quantitative estimate of drug-likeness (QED) is 0.364. The van der Waals surface area contributed by atoms with Crippen LogP contribution in [0.15, 0.2) is 36.4 Å². The summed E-state index contributed by atoms with van der Waals surface area (Å²) in [5, 5.41) is 3.25. The van der Waals surface area contributed by atoms with E-state index in [0.717, 1.165) is 7.05 Å². The van der Waals surface area contributed by atoms with Gasteiger partial charge in [0.2, 0.25) is 11.8 Å². The van der Waals surface area contributed by atoms with E-state index >= 15 is 0 Å². The van der Waals surface area contributed by atoms with Gasteiger partial charge in [0.1, 0.15) is 0 Å². The summed E-state index contributed by atoms with van der Waals surface area (Å²) >= 11 is 12.3. The summed E-state index contributed by atoms with van der Waals surface area (Å²) in [5.74, 6) is -0.967. The van der Waals surface area contributed by atoms with E-state index in [1.54, 1.807) is 28.0 Å². The molecule has 4 amide bonds. The van der Waals surface area contributed by atoms with Gasteiger partial charge in [-0.1, -0.05) is 29.3 Å². The number of amides is 4. The molecule has 1 N–H and O–H groups in total. The number of alkyl halides is 6. The summed E-state index contributed by atoms with van der Waals surface area (Å²) in [6.45, 7) is 2.82. The second-order valence-corrected chi connectivity index (χ2v) is 11.8. The van der Waals surface area contributed by atoms with Crippen molar-refractivity contribution in [2.24, 2.45) is 5.92 Å². The Morgan fingerprint density at radius 1 is 0.841 bits per heavy atom. The van der Waals surface area contributed by atoms with Gasteiger partial charge < -0.3 is 15.1 Å². The third kappa shape index (κ3) is 7.71. The average Bonchev–Trinajstić information content (AvgIpc) is 2.97. The lowest BCUT2D eigenvalue weighted by Crippen LogP contribution is -2.55. The Labute approximate surface area is 260 Å². The van der Waals surface area contributed by atoms with E-state index in [2.05, 4.69) is 5.32 Å². The second kappa shape index (κ2) is 13.0. The third-order valence-electron chi connectivity index (χ3n) is 8.16. The topological polar surface area (TPSA) is 73.0 Å². The van der Waals surface area contributed by atoms with Gasteiger partial charge in [-0.15, -0.1) is 0 Å². The number of anilines is 1. The van der Waals surface area contributed by atoms with E-state index in [1.165, 1.54) is 6.92 Å². The highest BCUT2D eigenvalue weighted by atomic mass is 35.5. The highest BCUT2D eigenvalue weighted by Gasteiger charge is 2.39. The van der Waals surface area contributed by atoms with Crippen LogP contribution in [-0.2, 0) is 21.9 Å². The molecule has 2 aromatic carbocycles. The molecule has 4 rings (SSSR count). The van der Waals surface area contributed by atoms with Crippen molar-refractivity contribution in [2.45, 2.75) is 50.5 Å². The van der Waals surface area contributed by atoms with Crippen LogP contribution in [0.3, 0.4) is 0 Å². The standard InChI is InChI=1S/C29H30Cl2F6N4O3/c1-16(42)40-8-5-17(6-9-40)26(43)41-10-7-25(22(15-41)18-3-4-23(30)24(31)11-18)38-27(44)39(2)21-13-19(28(32,33)34)12-20(14-21)29(35,36)37/h3-4,11-14,17,22,25H,5-10,15H2,1-2H3,(H,38,44)/t22-,25+/m0/s1. The molecule has 44 heavy (non-hydrogen) atoms. The Morgan fingerprint density at radius 3 is 1.93 bits per heavy atom. The van der Waals surface area contributed by atoms with Gasteiger partial charge in [0.25, 0.3) is 0 Å². The first-order chi connectivity index (χ1) is 20.5. The molecule has 15 heteroatoms. The molecule has 0 bridgehead atoms. The Morgan fingerprint density at radius 2 is 1.41 bits per heavy atom. The van der Waals surface area contributed by atoms with Crippen LogP contribution in [0.4, 0.5) is 36.8 Å². The first kappa shape index (κ1) is 33.7. The lowest BCUT2D eigenvalue weighted by Gasteiger charge is -2.42. The summed E-state index contributed by atoms with van der Waals surface area (Å²) < 4.78 is 80.4. The molecule has 0 unspecified atom stereocenters. The van der Waals surface area contributed by atoms with E-state index in [1.807, 2.05) is 0 Å². The van der Waals surface area contributed by atoms with Crippen LogP contribution in [0.5, 0.6) is 0 Å². The molecule has 2 aliphatic heterocycles. The van der Waals surface area contributed by atoms with Gasteiger partial charge in [0.15, 0.2) is 0 Å². The van der Waals surface area contributed by atoms with Crippen LogP contribution < -0.4 is 10.2 Å². The van der Waals surface area contributed by atoms with Gasteiger partial charge in [0.05, 0.1) is 21.2 Å². The van der Waals surface area contributed by atoms with Crippen molar-refractivity contribution in [1.29, 1.82) is 0 Å². The van der Waals surface area contributed by atoms with Crippen LogP contribution in [0, 0.1) is 5.92 Å². The highest BCUT2D eigenvalue weighted by molar-refractivity contribution is 6.42. The number of nitrogens with zero attached hydrogens (tertiary/aromatic N) is 3. The molecule has 0 aromatic heterocycles. The molecule has 7 nitrogen and oxygen atoms in total. The minimum atomic E-state index is -5.08. The molecule has 2 aromatic rings. The molecular formula is C29H30Cl2F6N4O3. The minimum absolute atomic E-state index is 0.00770. The maximum Gasteiger partial charge on any atom is 0.416 e. The van der Waals surface area contributed by atoms with Gasteiger partial charge in [-0.2, -0.15) is 26.3 Å². The van der Waals surface area contributed by atoms with Crippen molar-refractivity contribution in [3.05, 3.63) is 63.1 Å². The molecule has 2 fully saturated rings. The number of halogens is 8. The van der Waals surface area contributed by atoms with E-state index in [0.29, 0.717) is 48.5 Å². The van der Waals surface area contributed by atoms with Crippen molar-refractivity contribution < 1.29 is 40.7 Å². The maximum absolute atomic E-state index is 13.5. The lowest BCUT2D eigenvalue weighted by molar-refractivity contribution is -0.143. The zero-order valence-electron chi connectivity index (χ0n) is 23.7. The van der Waals surface area contributed by atoms with Crippen molar-refractivity contribution >= 4 is 46.7 Å². The van der Waals surface area contributed by atoms with Gasteiger partial charge in [-0.25, -0.2) is 4.79 Å². The lowest BCUT2D eigenvalue weighted by atomic mass is 9.84. The van der Waals surface area contributed by atoms with Crippen LogP contribution in [0.25, 0.3) is 0 Å². The molecule has 0 saturated carbocycles. The van der Waals surface area contributed by atoms with Crippen molar-refractivity contribution in [3.8, 4) is 0 Å². The Balaban J connectivity index is 1.56. The number of hydrogen-bond donors (Lipinski definition) is 1. The number of likely N-dealkylation sites (tertiary alicyclic amines) is 2. The predicted molar refractivity (Wildman–Crippen MR) is 153 cm³/mol. The number of urea groups is 1. The van der Waals surface area contributed by atoms with Crippen LogP contribution in [0.1, 0.15) is 48.8 Å². The Bertz CT molecular complexity index is 1380. The minimum Gasteiger partial charge on any atom is -0.343 e. The molecular weight excluding hydrogens is 637 g/mol. The normalized spacial score (nSPS) is 20.0. The molecule has 2 atom stereocenters. The average molecular weight is 667 g/mol. The Kier molecular flexibility index (Phi) is 9.99. The van der Waals surface area contributed by atoms with Gasteiger partial charge in [-0.3, -0.25) is 14.5 Å². The van der Waals surface area contributed by atoms with Gasteiger partial charge in [-0.05, 0) is 55.2 Å². The van der Waals surface area contributed by atoms with Crippen LogP contribution >= 0.6 is 23.2 Å². The summed E-state index contributed by atoms with van der Waals surface area (Å²) in [7, 11) is 1.07. The maximum atomic E-state index is 13.5. The number of rotatable bonds is 4. The number of hydrogen-bond acceptors (Lipinski definition) is 3. The fourth-order valence-electron chi connectivity index (χ4n) is 5.61. The number of carbonyl (C=O) groups excluding carboxylic acids is 3. The summed E-state index contributed by atoms with van der Waals surface area (Å²) in [6, 6.07) is 4.20. The summed E-state index contributed by atoms with van der Waals surface area (Å²) in [6.07, 6.45) is -8.88. The van der Waals surface area contributed by atoms with Crippen LogP contribution in [0.2, 0.25) is 10.0 Å². The first-order valence-corrected chi connectivity index (χ1v) is 14.5. The Hall–Kier alpha value is -3.19. The first-order valence-electron chi connectivity index (χ1n) is 13.8. The largest absolute Gasteiger partial charge is 0.416 e. The van der Waals surface area contributed by atoms with Crippen molar-refractivity contribution in [2.75, 3.05) is 38.1 Å². The number of piperidine rings is 2. The smallest absolute Gasteiger partial charge is 0.343 e. The summed E-state index contributed by atoms with van der Waals surface area (Å²) in [4.78, 5) is 42.5. The molecule has 2 saturated heterocycles. The SMILES string of the molecule is CC(=O)N1CCC(C(=O)N2CC[C@@H](NC(=O)N(C)c3cc(C(F)(F)F)cc(C(F)(F)F)c3)[C@H](c3ccc(Cl)c(Cl)c3)C2)CC1. The molecule has 0 aliphatic carbocycles. The zero-order chi connectivity index (χ0) is 32.6. The van der Waals surface area contributed by atoms with E-state index in [4.69, 9.17) is 23.2 Å². The predicted octanol–water partition coefficient (Wildman–Crippen LogP) is 6.82. The van der Waals surface area contributed by atoms with Gasteiger partial charge >= 0.3 is 18.4 Å². The molecule has 2 aliphatic rings. The van der Waals surface area contributed by atoms with Crippen LogP contribution in [-0.4, -0.2) is 66.9 Å². The molecule has 240 valence electrons. The summed E-state index contributed by atoms with van der Waals surface area (Å²) in [5.41, 5.74) is -3.05.